The Bertz CT molecular complexity index is 1210. The lowest BCUT2D eigenvalue weighted by atomic mass is 10.1. The van der Waals surface area contributed by atoms with E-state index in [9.17, 15) is 0 Å². The van der Waals surface area contributed by atoms with Crippen molar-refractivity contribution in [2.24, 2.45) is 7.05 Å². The Morgan fingerprint density at radius 3 is 2.56 bits per heavy atom. The topological polar surface area (TPSA) is 34.8 Å². The second-order valence-corrected chi connectivity index (χ2v) is 5.91. The average Bonchev–Trinajstić information content (AvgIpc) is 2.93. The molecule has 0 radical (unpaired) electrons. The van der Waals surface area contributed by atoms with E-state index >= 15 is 0 Å². The van der Waals surface area contributed by atoms with E-state index in [1.165, 1.54) is 21.9 Å². The van der Waals surface area contributed by atoms with Crippen LogP contribution < -0.4 is 28.4 Å². The second-order valence-electron chi connectivity index (χ2n) is 5.91. The van der Waals surface area contributed by atoms with E-state index in [1.807, 2.05) is 18.5 Å². The van der Waals surface area contributed by atoms with Crippen LogP contribution in [0.3, 0.4) is 0 Å². The highest BCUT2D eigenvalue weighted by Crippen LogP contribution is 2.33. The van der Waals surface area contributed by atoms with E-state index < -0.39 is 0 Å². The first-order valence-electron chi connectivity index (χ1n) is 7.92. The lowest BCUT2D eigenvalue weighted by molar-refractivity contribution is -0.501. The molecular weight excluding hydrogens is 423 g/mol. The molecule has 5 heteroatoms. The molecule has 0 spiro atoms. The summed E-state index contributed by atoms with van der Waals surface area (Å²) < 4.78 is 4.28. The van der Waals surface area contributed by atoms with Gasteiger partial charge in [0.15, 0.2) is 5.69 Å². The third-order valence-corrected chi connectivity index (χ3v) is 4.56. The highest BCUT2D eigenvalue weighted by atomic mass is 127. The van der Waals surface area contributed by atoms with Crippen molar-refractivity contribution < 1.29 is 28.4 Å². The van der Waals surface area contributed by atoms with Gasteiger partial charge in [0.25, 0.3) is 5.65 Å². The molecule has 0 bridgehead atoms. The van der Waals surface area contributed by atoms with Gasteiger partial charge in [-0.1, -0.05) is 48.5 Å². The first kappa shape index (κ1) is 16.0. The summed E-state index contributed by atoms with van der Waals surface area (Å²) >= 11 is 0. The van der Waals surface area contributed by atoms with E-state index in [4.69, 9.17) is 4.98 Å². The van der Waals surface area contributed by atoms with E-state index in [2.05, 4.69) is 69.5 Å². The maximum absolute atomic E-state index is 4.86. The van der Waals surface area contributed by atoms with Crippen molar-refractivity contribution in [3.8, 4) is 11.3 Å². The Balaban J connectivity index is 0.00000157. The minimum atomic E-state index is 0. The lowest BCUT2D eigenvalue weighted by Gasteiger charge is -2.04. The minimum Gasteiger partial charge on any atom is -1.00 e. The first-order chi connectivity index (χ1) is 11.8. The standard InChI is InChI=1S/C20H15N4.HI/c1-23-16-10-6-5-9-15(16)18-19(14-7-3-2-4-8-14)24-12-11-21-13-17(24)22-20(18)23;/h2-13H,1H3;1H/q+1;/p-1. The smallest absolute Gasteiger partial charge is 0.349 e. The molecular formula is C20H15IN4. The molecule has 3 aromatic heterocycles. The van der Waals surface area contributed by atoms with Crippen LogP contribution in [-0.4, -0.2) is 14.5 Å². The summed E-state index contributed by atoms with van der Waals surface area (Å²) in [5.74, 6) is 0. The summed E-state index contributed by atoms with van der Waals surface area (Å²) in [7, 11) is 2.07. The Morgan fingerprint density at radius 2 is 1.72 bits per heavy atom. The van der Waals surface area contributed by atoms with Crippen molar-refractivity contribution in [2.75, 3.05) is 0 Å². The van der Waals surface area contributed by atoms with Crippen LogP contribution >= 0.6 is 0 Å². The number of halogens is 1. The van der Waals surface area contributed by atoms with E-state index in [1.54, 1.807) is 6.20 Å². The Kier molecular flexibility index (Phi) is 3.88. The Labute approximate surface area is 161 Å². The maximum atomic E-state index is 4.86. The molecule has 5 aromatic rings. The number of benzene rings is 2. The molecule has 0 saturated heterocycles. The molecule has 0 atom stereocenters. The number of aryl methyl sites for hydroxylation is 1. The van der Waals surface area contributed by atoms with Crippen LogP contribution in [0.1, 0.15) is 0 Å². The van der Waals surface area contributed by atoms with Crippen molar-refractivity contribution in [3.63, 3.8) is 0 Å². The Hall–Kier alpha value is -2.54. The number of aromatic nitrogens is 4. The second kappa shape index (κ2) is 6.07. The van der Waals surface area contributed by atoms with Gasteiger partial charge in [-0.25, -0.2) is 0 Å². The van der Waals surface area contributed by atoms with Crippen molar-refractivity contribution in [1.82, 2.24) is 14.5 Å². The van der Waals surface area contributed by atoms with Crippen molar-refractivity contribution in [3.05, 3.63) is 73.2 Å². The summed E-state index contributed by atoms with van der Waals surface area (Å²) in [6.07, 6.45) is 5.59. The molecule has 122 valence electrons. The third-order valence-electron chi connectivity index (χ3n) is 4.56. The fourth-order valence-electron chi connectivity index (χ4n) is 3.48. The zero-order valence-electron chi connectivity index (χ0n) is 13.6. The van der Waals surface area contributed by atoms with E-state index in [-0.39, 0.29) is 24.0 Å². The largest absolute Gasteiger partial charge is 1.00 e. The van der Waals surface area contributed by atoms with Gasteiger partial charge in [-0.05, 0) is 11.1 Å². The predicted octanol–water partition coefficient (Wildman–Crippen LogP) is 0.531. The number of hydrogen-bond donors (Lipinski definition) is 0. The van der Waals surface area contributed by atoms with Gasteiger partial charge in [-0.3, -0.25) is 4.98 Å². The minimum absolute atomic E-state index is 0. The van der Waals surface area contributed by atoms with E-state index in [0.717, 1.165) is 17.0 Å². The molecule has 0 amide bonds. The molecule has 0 N–H and O–H groups in total. The van der Waals surface area contributed by atoms with Gasteiger partial charge in [0.05, 0.1) is 11.7 Å². The van der Waals surface area contributed by atoms with Crippen LogP contribution in [0.4, 0.5) is 0 Å². The summed E-state index contributed by atoms with van der Waals surface area (Å²) in [6, 6.07) is 18.9. The summed E-state index contributed by atoms with van der Waals surface area (Å²) in [6.45, 7) is 0. The van der Waals surface area contributed by atoms with Gasteiger partial charge >= 0.3 is 5.65 Å². The van der Waals surface area contributed by atoms with Crippen LogP contribution in [0.5, 0.6) is 0 Å². The molecule has 0 unspecified atom stereocenters. The Morgan fingerprint density at radius 1 is 0.960 bits per heavy atom. The van der Waals surface area contributed by atoms with Crippen molar-refractivity contribution >= 4 is 27.6 Å². The molecule has 25 heavy (non-hydrogen) atoms. The molecule has 5 rings (SSSR count). The number of nitrogens with zero attached hydrogens (tertiary/aromatic N) is 4. The average molecular weight is 438 g/mol. The van der Waals surface area contributed by atoms with Crippen molar-refractivity contribution in [2.45, 2.75) is 0 Å². The molecule has 2 aromatic carbocycles. The summed E-state index contributed by atoms with van der Waals surface area (Å²) in [5, 5.41) is 2.38. The zero-order valence-corrected chi connectivity index (χ0v) is 15.8. The molecule has 0 aliphatic carbocycles. The number of fused-ring (bicyclic) bond motifs is 4. The number of rotatable bonds is 1. The van der Waals surface area contributed by atoms with Crippen LogP contribution in [-0.2, 0) is 7.05 Å². The van der Waals surface area contributed by atoms with Gasteiger partial charge in [-0.15, -0.1) is 0 Å². The zero-order chi connectivity index (χ0) is 16.1. The molecule has 0 saturated carbocycles. The molecule has 4 nitrogen and oxygen atoms in total. The summed E-state index contributed by atoms with van der Waals surface area (Å²) in [4.78, 5) is 9.11. The van der Waals surface area contributed by atoms with E-state index in [0.29, 0.717) is 0 Å². The van der Waals surface area contributed by atoms with Gasteiger partial charge in [-0.2, -0.15) is 4.40 Å². The first-order valence-corrected chi connectivity index (χ1v) is 7.92. The molecule has 0 aliphatic heterocycles. The highest BCUT2D eigenvalue weighted by Gasteiger charge is 2.24. The van der Waals surface area contributed by atoms with Crippen molar-refractivity contribution in [1.29, 1.82) is 0 Å². The van der Waals surface area contributed by atoms with Gasteiger partial charge < -0.3 is 28.5 Å². The van der Waals surface area contributed by atoms with Crippen LogP contribution in [0.15, 0.2) is 73.2 Å². The SMILES string of the molecule is Cn1c2ccccc2c2c(-c3ccccc3)[n+]3ccncc3nc21.[I-]. The van der Waals surface area contributed by atoms with Crippen LogP contribution in [0.25, 0.3) is 38.8 Å². The maximum Gasteiger partial charge on any atom is 0.349 e. The summed E-state index contributed by atoms with van der Waals surface area (Å²) in [5.41, 5.74) is 5.32. The third kappa shape index (κ3) is 2.30. The highest BCUT2D eigenvalue weighted by molar-refractivity contribution is 6.12. The monoisotopic (exact) mass is 438 g/mol. The number of hydrogen-bond acceptors (Lipinski definition) is 2. The predicted molar refractivity (Wildman–Crippen MR) is 94.6 cm³/mol. The van der Waals surface area contributed by atoms with Gasteiger partial charge in [0, 0.05) is 18.0 Å². The van der Waals surface area contributed by atoms with Crippen LogP contribution in [0, 0.1) is 0 Å². The van der Waals surface area contributed by atoms with Crippen LogP contribution in [0.2, 0.25) is 0 Å². The molecule has 0 fully saturated rings. The normalized spacial score (nSPS) is 11.1. The fraction of sp³-hybridized carbons (Fsp3) is 0.0500. The number of para-hydroxylation sites is 1. The lowest BCUT2D eigenvalue weighted by Crippen LogP contribution is -3.00. The molecule has 3 heterocycles. The fourth-order valence-corrected chi connectivity index (χ4v) is 3.48. The van der Waals surface area contributed by atoms with Gasteiger partial charge in [0.1, 0.15) is 17.8 Å². The van der Waals surface area contributed by atoms with Gasteiger partial charge in [0.2, 0.25) is 0 Å². The quantitative estimate of drug-likeness (QED) is 0.283. The molecule has 0 aliphatic rings.